The summed E-state index contributed by atoms with van der Waals surface area (Å²) in [6, 6.07) is 5.44. The molecule has 1 aromatic carbocycles. The molecule has 1 aliphatic rings. The highest BCUT2D eigenvalue weighted by molar-refractivity contribution is 9.10. The van der Waals surface area contributed by atoms with Crippen LogP contribution in [0.2, 0.25) is 0 Å². The Hall–Kier alpha value is -1.36. The van der Waals surface area contributed by atoms with Gasteiger partial charge < -0.3 is 9.88 Å². The van der Waals surface area contributed by atoms with Crippen molar-refractivity contribution < 1.29 is 4.39 Å². The zero-order chi connectivity index (χ0) is 14.8. The molecule has 1 aliphatic carbocycles. The molecule has 1 fully saturated rings. The summed E-state index contributed by atoms with van der Waals surface area (Å²) in [6.45, 7) is 2.01. The molecule has 1 aromatic heterocycles. The summed E-state index contributed by atoms with van der Waals surface area (Å²) in [4.78, 5) is 4.58. The molecule has 0 bridgehead atoms. The van der Waals surface area contributed by atoms with Crippen molar-refractivity contribution in [3.63, 3.8) is 0 Å². The van der Waals surface area contributed by atoms with Gasteiger partial charge in [0.15, 0.2) is 0 Å². The Morgan fingerprint density at radius 3 is 2.76 bits per heavy atom. The molecule has 0 radical (unpaired) electrons. The molecule has 3 rings (SSSR count). The van der Waals surface area contributed by atoms with Gasteiger partial charge in [0.1, 0.15) is 5.82 Å². The Bertz CT molecular complexity index is 632. The van der Waals surface area contributed by atoms with Crippen molar-refractivity contribution in [1.29, 1.82) is 0 Å². The van der Waals surface area contributed by atoms with Crippen molar-refractivity contribution in [1.82, 2.24) is 9.55 Å². The monoisotopic (exact) mass is 351 g/mol. The lowest BCUT2D eigenvalue weighted by Gasteiger charge is -2.24. The molecule has 0 aliphatic heterocycles. The van der Waals surface area contributed by atoms with Gasteiger partial charge in [0.05, 0.1) is 10.2 Å². The van der Waals surface area contributed by atoms with Gasteiger partial charge in [0.25, 0.3) is 0 Å². The number of rotatable bonds is 3. The fourth-order valence-electron chi connectivity index (χ4n) is 2.95. The van der Waals surface area contributed by atoms with Crippen LogP contribution in [0.4, 0.5) is 16.0 Å². The molecule has 0 unspecified atom stereocenters. The summed E-state index contributed by atoms with van der Waals surface area (Å²) < 4.78 is 16.0. The van der Waals surface area contributed by atoms with Crippen LogP contribution in [-0.4, -0.2) is 9.55 Å². The predicted octanol–water partition coefficient (Wildman–Crippen LogP) is 5.34. The van der Waals surface area contributed by atoms with Gasteiger partial charge in [0.2, 0.25) is 5.95 Å². The zero-order valence-electron chi connectivity index (χ0n) is 12.1. The van der Waals surface area contributed by atoms with E-state index < -0.39 is 0 Å². The Kier molecular flexibility index (Phi) is 4.29. The van der Waals surface area contributed by atoms with Crippen LogP contribution in [0.25, 0.3) is 0 Å². The molecule has 3 nitrogen and oxygen atoms in total. The number of nitrogens with one attached hydrogen (secondary N) is 1. The first-order valence-corrected chi connectivity index (χ1v) is 8.20. The van der Waals surface area contributed by atoms with Crippen molar-refractivity contribution in [2.75, 3.05) is 5.32 Å². The Morgan fingerprint density at radius 2 is 2.05 bits per heavy atom. The number of hydrogen-bond donors (Lipinski definition) is 1. The summed E-state index contributed by atoms with van der Waals surface area (Å²) in [6.07, 6.45) is 8.41. The van der Waals surface area contributed by atoms with Crippen LogP contribution in [0.5, 0.6) is 0 Å². The normalized spacial score (nSPS) is 16.1. The summed E-state index contributed by atoms with van der Waals surface area (Å²) in [7, 11) is 0. The summed E-state index contributed by atoms with van der Waals surface area (Å²) >= 11 is 3.22. The van der Waals surface area contributed by atoms with E-state index in [9.17, 15) is 4.39 Å². The Labute approximate surface area is 132 Å². The van der Waals surface area contributed by atoms with Crippen molar-refractivity contribution in [3.05, 3.63) is 40.4 Å². The number of nitrogens with zero attached hydrogens (tertiary/aromatic N) is 2. The molecule has 5 heteroatoms. The second-order valence-corrected chi connectivity index (χ2v) is 6.51. The highest BCUT2D eigenvalue weighted by atomic mass is 79.9. The smallest absolute Gasteiger partial charge is 0.207 e. The molecule has 0 atom stereocenters. The molecule has 0 amide bonds. The highest BCUT2D eigenvalue weighted by Crippen LogP contribution is 2.32. The maximum Gasteiger partial charge on any atom is 0.207 e. The lowest BCUT2D eigenvalue weighted by atomic mass is 9.95. The van der Waals surface area contributed by atoms with Crippen LogP contribution in [-0.2, 0) is 0 Å². The van der Waals surface area contributed by atoms with Gasteiger partial charge in [-0.1, -0.05) is 19.3 Å². The fraction of sp³-hybridized carbons (Fsp3) is 0.438. The van der Waals surface area contributed by atoms with Crippen molar-refractivity contribution >= 4 is 27.6 Å². The van der Waals surface area contributed by atoms with E-state index in [0.717, 1.165) is 17.3 Å². The number of hydrogen-bond acceptors (Lipinski definition) is 2. The first-order chi connectivity index (χ1) is 10.1. The molecule has 112 valence electrons. The minimum atomic E-state index is -0.257. The van der Waals surface area contributed by atoms with E-state index in [1.165, 1.54) is 38.2 Å². The first kappa shape index (κ1) is 14.6. The van der Waals surface area contributed by atoms with Gasteiger partial charge in [-0.3, -0.25) is 0 Å². The minimum Gasteiger partial charge on any atom is -0.326 e. The lowest BCUT2D eigenvalue weighted by Crippen LogP contribution is -2.14. The van der Waals surface area contributed by atoms with Gasteiger partial charge >= 0.3 is 0 Å². The molecular weight excluding hydrogens is 333 g/mol. The zero-order valence-corrected chi connectivity index (χ0v) is 13.7. The minimum absolute atomic E-state index is 0.257. The van der Waals surface area contributed by atoms with E-state index >= 15 is 0 Å². The van der Waals surface area contributed by atoms with Crippen LogP contribution in [0.1, 0.15) is 43.8 Å². The lowest BCUT2D eigenvalue weighted by molar-refractivity contribution is 0.356. The van der Waals surface area contributed by atoms with E-state index in [1.54, 1.807) is 12.1 Å². The fourth-order valence-corrected chi connectivity index (χ4v) is 3.33. The molecule has 21 heavy (non-hydrogen) atoms. The average molecular weight is 352 g/mol. The number of aryl methyl sites for hydroxylation is 1. The Balaban J connectivity index is 1.85. The third kappa shape index (κ3) is 3.28. The van der Waals surface area contributed by atoms with Gasteiger partial charge in [-0.15, -0.1) is 0 Å². The van der Waals surface area contributed by atoms with Crippen LogP contribution < -0.4 is 5.32 Å². The third-order valence-electron chi connectivity index (χ3n) is 4.00. The molecule has 0 saturated heterocycles. The second-order valence-electron chi connectivity index (χ2n) is 5.66. The maximum atomic E-state index is 13.3. The maximum absolute atomic E-state index is 13.3. The molecule has 1 heterocycles. The van der Waals surface area contributed by atoms with E-state index in [0.29, 0.717) is 10.5 Å². The first-order valence-electron chi connectivity index (χ1n) is 7.41. The van der Waals surface area contributed by atoms with Crippen LogP contribution in [0.3, 0.4) is 0 Å². The summed E-state index contributed by atoms with van der Waals surface area (Å²) in [5.41, 5.74) is 1.84. The third-order valence-corrected chi connectivity index (χ3v) is 4.60. The van der Waals surface area contributed by atoms with Crippen LogP contribution in [0, 0.1) is 12.7 Å². The average Bonchev–Trinajstić information content (AvgIpc) is 2.85. The number of aromatic nitrogens is 2. The number of imidazole rings is 1. The molecular formula is C16H19BrFN3. The highest BCUT2D eigenvalue weighted by Gasteiger charge is 2.19. The standard InChI is InChI=1S/C16H19BrFN3/c1-11-10-21(13-5-3-2-4-6-13)16(19-11)20-12-7-8-15(18)14(17)9-12/h7-10,13H,2-6H2,1H3,(H,19,20). The van der Waals surface area contributed by atoms with Crippen LogP contribution in [0.15, 0.2) is 28.9 Å². The van der Waals surface area contributed by atoms with Crippen molar-refractivity contribution in [2.24, 2.45) is 0 Å². The van der Waals surface area contributed by atoms with E-state index in [1.807, 2.05) is 6.92 Å². The number of benzene rings is 1. The molecule has 1 N–H and O–H groups in total. The number of halogens is 2. The van der Waals surface area contributed by atoms with Gasteiger partial charge in [-0.25, -0.2) is 9.37 Å². The van der Waals surface area contributed by atoms with E-state index in [2.05, 4.69) is 37.0 Å². The number of anilines is 2. The second kappa shape index (κ2) is 6.18. The van der Waals surface area contributed by atoms with Crippen molar-refractivity contribution in [2.45, 2.75) is 45.1 Å². The van der Waals surface area contributed by atoms with Gasteiger partial charge in [-0.2, -0.15) is 0 Å². The predicted molar refractivity (Wildman–Crippen MR) is 86.5 cm³/mol. The van der Waals surface area contributed by atoms with Crippen LogP contribution >= 0.6 is 15.9 Å². The SMILES string of the molecule is Cc1cn(C2CCCCC2)c(Nc2ccc(F)c(Br)c2)n1. The quantitative estimate of drug-likeness (QED) is 0.808. The molecule has 2 aromatic rings. The van der Waals surface area contributed by atoms with E-state index in [4.69, 9.17) is 0 Å². The summed E-state index contributed by atoms with van der Waals surface area (Å²) in [5.74, 6) is 0.588. The Morgan fingerprint density at radius 1 is 1.29 bits per heavy atom. The largest absolute Gasteiger partial charge is 0.326 e. The van der Waals surface area contributed by atoms with Gasteiger partial charge in [0, 0.05) is 17.9 Å². The van der Waals surface area contributed by atoms with Crippen molar-refractivity contribution in [3.8, 4) is 0 Å². The summed E-state index contributed by atoms with van der Waals surface area (Å²) in [5, 5.41) is 3.31. The molecule has 1 saturated carbocycles. The van der Waals surface area contributed by atoms with Gasteiger partial charge in [-0.05, 0) is 53.9 Å². The van der Waals surface area contributed by atoms with E-state index in [-0.39, 0.29) is 5.82 Å². The molecule has 0 spiro atoms. The topological polar surface area (TPSA) is 29.9 Å².